The smallest absolute Gasteiger partial charge is 0.260 e. The molecule has 0 saturated carbocycles. The van der Waals surface area contributed by atoms with Gasteiger partial charge in [0.1, 0.15) is 0 Å². The summed E-state index contributed by atoms with van der Waals surface area (Å²) in [5, 5.41) is 1.34. The van der Waals surface area contributed by atoms with E-state index in [-0.39, 0.29) is 5.91 Å². The van der Waals surface area contributed by atoms with Gasteiger partial charge in [-0.3, -0.25) is 9.69 Å². The highest BCUT2D eigenvalue weighted by Crippen LogP contribution is 2.32. The molecule has 0 fully saturated rings. The fraction of sp³-hybridized carbons (Fsp3) is 0.130. The highest BCUT2D eigenvalue weighted by atomic mass is 35.5. The van der Waals surface area contributed by atoms with Crippen LogP contribution in [0.5, 0.6) is 0 Å². The molecule has 0 aliphatic heterocycles. The van der Waals surface area contributed by atoms with E-state index in [0.29, 0.717) is 22.3 Å². The molecule has 0 saturated heterocycles. The first-order valence-electron chi connectivity index (χ1n) is 9.29. The molecule has 0 spiro atoms. The van der Waals surface area contributed by atoms with Crippen molar-refractivity contribution in [2.45, 2.75) is 18.4 Å². The Bertz CT molecular complexity index is 1140. The lowest BCUT2D eigenvalue weighted by Gasteiger charge is -2.20. The summed E-state index contributed by atoms with van der Waals surface area (Å²) in [6.45, 7) is 2.56. The fourth-order valence-electron chi connectivity index (χ4n) is 3.04. The van der Waals surface area contributed by atoms with Gasteiger partial charge in [0.05, 0.1) is 16.8 Å². The topological polar surface area (TPSA) is 33.2 Å². The Labute approximate surface area is 183 Å². The van der Waals surface area contributed by atoms with Gasteiger partial charge in [0.15, 0.2) is 5.13 Å². The van der Waals surface area contributed by atoms with Crippen LogP contribution in [-0.2, 0) is 6.54 Å². The lowest BCUT2D eigenvalue weighted by Crippen LogP contribution is -2.30. The molecule has 0 radical (unpaired) electrons. The van der Waals surface area contributed by atoms with E-state index in [9.17, 15) is 4.79 Å². The Morgan fingerprint density at radius 2 is 1.90 bits per heavy atom. The number of amides is 1. The van der Waals surface area contributed by atoms with E-state index in [0.717, 1.165) is 26.4 Å². The number of halogens is 1. The number of anilines is 1. The summed E-state index contributed by atoms with van der Waals surface area (Å²) >= 11 is 9.34. The molecule has 1 amide bonds. The molecule has 146 valence electrons. The van der Waals surface area contributed by atoms with Gasteiger partial charge in [0, 0.05) is 15.5 Å². The second-order valence-corrected chi connectivity index (χ2v) is 9.23. The molecule has 0 N–H and O–H groups in total. The minimum absolute atomic E-state index is 0.0578. The Balaban J connectivity index is 1.74. The van der Waals surface area contributed by atoms with Gasteiger partial charge in [-0.25, -0.2) is 4.98 Å². The Hall–Kier alpha value is -2.34. The first-order chi connectivity index (χ1) is 14.1. The molecule has 0 aliphatic rings. The molecule has 0 unspecified atom stereocenters. The van der Waals surface area contributed by atoms with Crippen molar-refractivity contribution in [1.82, 2.24) is 4.98 Å². The largest absolute Gasteiger partial charge is 0.279 e. The Kier molecular flexibility index (Phi) is 6.19. The summed E-state index contributed by atoms with van der Waals surface area (Å²) in [5.41, 5.74) is 2.56. The third kappa shape index (κ3) is 4.64. The molecule has 29 heavy (non-hydrogen) atoms. The first-order valence-corrected chi connectivity index (χ1v) is 11.5. The molecule has 3 nitrogen and oxygen atoms in total. The number of carbonyl (C=O) groups is 1. The highest BCUT2D eigenvalue weighted by Gasteiger charge is 2.22. The standard InChI is InChI=1S/C23H19ClN2OS2/c1-2-28-19-10-6-9-17(13-19)22(27)26(15-16-7-4-3-5-8-16)23-25-20-12-11-18(24)14-21(20)29-23/h3-14H,2,15H2,1H3. The van der Waals surface area contributed by atoms with Crippen molar-refractivity contribution in [2.75, 3.05) is 10.7 Å². The zero-order valence-corrected chi connectivity index (χ0v) is 18.2. The molecule has 0 bridgehead atoms. The van der Waals surface area contributed by atoms with Crippen molar-refractivity contribution in [3.63, 3.8) is 0 Å². The number of hydrogen-bond donors (Lipinski definition) is 0. The van der Waals surface area contributed by atoms with Crippen LogP contribution in [0.4, 0.5) is 5.13 Å². The number of benzene rings is 3. The summed E-state index contributed by atoms with van der Waals surface area (Å²) in [7, 11) is 0. The molecule has 4 rings (SSSR count). The maximum Gasteiger partial charge on any atom is 0.260 e. The van der Waals surface area contributed by atoms with E-state index in [1.165, 1.54) is 11.3 Å². The number of nitrogens with zero attached hydrogens (tertiary/aromatic N) is 2. The summed E-state index contributed by atoms with van der Waals surface area (Å²) in [5.74, 6) is 0.904. The molecule has 1 aromatic heterocycles. The average Bonchev–Trinajstić information content (AvgIpc) is 3.15. The summed E-state index contributed by atoms with van der Waals surface area (Å²) < 4.78 is 0.966. The van der Waals surface area contributed by atoms with Gasteiger partial charge in [0.25, 0.3) is 5.91 Å². The van der Waals surface area contributed by atoms with Crippen LogP contribution in [0, 0.1) is 0 Å². The molecular weight excluding hydrogens is 420 g/mol. The average molecular weight is 439 g/mol. The maximum absolute atomic E-state index is 13.5. The van der Waals surface area contributed by atoms with Crippen molar-refractivity contribution in [3.05, 3.63) is 88.9 Å². The zero-order valence-electron chi connectivity index (χ0n) is 15.8. The van der Waals surface area contributed by atoms with E-state index in [1.54, 1.807) is 16.7 Å². The number of carbonyl (C=O) groups excluding carboxylic acids is 1. The van der Waals surface area contributed by atoms with Gasteiger partial charge in [-0.05, 0) is 47.7 Å². The number of thiazole rings is 1. The number of thioether (sulfide) groups is 1. The maximum atomic E-state index is 13.5. The van der Waals surface area contributed by atoms with E-state index in [4.69, 9.17) is 16.6 Å². The van der Waals surface area contributed by atoms with Gasteiger partial charge in [0.2, 0.25) is 0 Å². The SMILES string of the molecule is CCSc1cccc(C(=O)N(Cc2ccccc2)c2nc3ccc(Cl)cc3s2)c1. The molecule has 3 aromatic carbocycles. The minimum Gasteiger partial charge on any atom is -0.279 e. The molecule has 6 heteroatoms. The van der Waals surface area contributed by atoms with Crippen LogP contribution in [0.2, 0.25) is 5.02 Å². The number of hydrogen-bond acceptors (Lipinski definition) is 4. The quantitative estimate of drug-likeness (QED) is 0.306. The number of fused-ring (bicyclic) bond motifs is 1. The second kappa shape index (κ2) is 8.99. The van der Waals surface area contributed by atoms with E-state index < -0.39 is 0 Å². The predicted molar refractivity (Wildman–Crippen MR) is 124 cm³/mol. The Morgan fingerprint density at radius 1 is 1.07 bits per heavy atom. The van der Waals surface area contributed by atoms with Crippen LogP contribution >= 0.6 is 34.7 Å². The van der Waals surface area contributed by atoms with Crippen LogP contribution < -0.4 is 4.90 Å². The van der Waals surface area contributed by atoms with Crippen molar-refractivity contribution in [2.24, 2.45) is 0 Å². The van der Waals surface area contributed by atoms with Crippen LogP contribution in [0.3, 0.4) is 0 Å². The van der Waals surface area contributed by atoms with Crippen molar-refractivity contribution >= 4 is 56.0 Å². The summed E-state index contributed by atoms with van der Waals surface area (Å²) in [6, 6.07) is 23.4. The van der Waals surface area contributed by atoms with Crippen LogP contribution in [-0.4, -0.2) is 16.6 Å². The van der Waals surface area contributed by atoms with Gasteiger partial charge in [-0.1, -0.05) is 66.3 Å². The highest BCUT2D eigenvalue weighted by molar-refractivity contribution is 7.99. The second-order valence-electron chi connectivity index (χ2n) is 6.45. The monoisotopic (exact) mass is 438 g/mol. The fourth-order valence-corrected chi connectivity index (χ4v) is 4.99. The third-order valence-corrected chi connectivity index (χ3v) is 6.54. The van der Waals surface area contributed by atoms with Gasteiger partial charge in [-0.15, -0.1) is 11.8 Å². The van der Waals surface area contributed by atoms with E-state index in [2.05, 4.69) is 6.92 Å². The summed E-state index contributed by atoms with van der Waals surface area (Å²) in [4.78, 5) is 21.1. The van der Waals surface area contributed by atoms with Gasteiger partial charge < -0.3 is 0 Å². The zero-order chi connectivity index (χ0) is 20.2. The lowest BCUT2D eigenvalue weighted by atomic mass is 10.1. The molecule has 0 aliphatic carbocycles. The third-order valence-electron chi connectivity index (χ3n) is 4.39. The van der Waals surface area contributed by atoms with E-state index >= 15 is 0 Å². The first kappa shape index (κ1) is 20.0. The minimum atomic E-state index is -0.0578. The summed E-state index contributed by atoms with van der Waals surface area (Å²) in [6.07, 6.45) is 0. The van der Waals surface area contributed by atoms with E-state index in [1.807, 2.05) is 72.8 Å². The number of aromatic nitrogens is 1. The number of rotatable bonds is 6. The van der Waals surface area contributed by atoms with Gasteiger partial charge >= 0.3 is 0 Å². The molecule has 1 heterocycles. The Morgan fingerprint density at radius 3 is 2.69 bits per heavy atom. The predicted octanol–water partition coefficient (Wildman–Crippen LogP) is 6.91. The van der Waals surface area contributed by atoms with Gasteiger partial charge in [-0.2, -0.15) is 0 Å². The van der Waals surface area contributed by atoms with Crippen molar-refractivity contribution in [1.29, 1.82) is 0 Å². The molecule has 4 aromatic rings. The van der Waals surface area contributed by atoms with Crippen LogP contribution in [0.25, 0.3) is 10.2 Å². The van der Waals surface area contributed by atoms with Crippen molar-refractivity contribution in [3.8, 4) is 0 Å². The molecular formula is C23H19ClN2OS2. The van der Waals surface area contributed by atoms with Crippen LogP contribution in [0.15, 0.2) is 77.7 Å². The van der Waals surface area contributed by atoms with Crippen LogP contribution in [0.1, 0.15) is 22.8 Å². The lowest BCUT2D eigenvalue weighted by molar-refractivity contribution is 0.0985. The molecule has 0 atom stereocenters. The normalized spacial score (nSPS) is 11.0. The van der Waals surface area contributed by atoms with Crippen molar-refractivity contribution < 1.29 is 4.79 Å².